The number of benzene rings is 1. The molecule has 0 saturated carbocycles. The highest BCUT2D eigenvalue weighted by atomic mass is 16.6. The number of ether oxygens (including phenoxy) is 2. The van der Waals surface area contributed by atoms with E-state index >= 15 is 0 Å². The Kier molecular flexibility index (Phi) is 16.3. The molecule has 13 nitrogen and oxygen atoms in total. The van der Waals surface area contributed by atoms with Gasteiger partial charge in [0.1, 0.15) is 24.4 Å². The fourth-order valence-electron chi connectivity index (χ4n) is 6.25. The average Bonchev–Trinajstić information content (AvgIpc) is 3.04. The predicted octanol–water partition coefficient (Wildman–Crippen LogP) is 0.105. The summed E-state index contributed by atoms with van der Waals surface area (Å²) < 4.78 is 11.2. The summed E-state index contributed by atoms with van der Waals surface area (Å²) in [6, 6.07) is 7.90. The average molecular weight is 654 g/mol. The van der Waals surface area contributed by atoms with Gasteiger partial charge in [-0.25, -0.2) is 0 Å². The summed E-state index contributed by atoms with van der Waals surface area (Å²) in [5, 5.41) is 67.9. The van der Waals surface area contributed by atoms with E-state index in [1.807, 2.05) is 30.3 Å². The monoisotopic (exact) mass is 653 g/mol. The molecule has 2 aliphatic heterocycles. The van der Waals surface area contributed by atoms with Crippen molar-refractivity contribution in [1.29, 1.82) is 0 Å². The standard InChI is InChI=1S/C33H55N3O10/c1-23(38)34-29-26(39)20-33(44,46-32(29)31(43)27(40)22-37)15-11-6-4-2-3-5-10-14-28(41)35-25(21-36-16-18-45-19-17-36)30(42)24-12-8-7-9-13-24/h7-9,12-13,25-27,29-32,37,39-40,42-44H,2-6,10-11,14-22H2,1H3,(H,34,38)(H,35,41)/t25-,26-,27+,29+,30-,31+,32+,33+/m0/s1. The Morgan fingerprint density at radius 1 is 1.00 bits per heavy atom. The molecule has 0 radical (unpaired) electrons. The molecule has 8 N–H and O–H groups in total. The lowest BCUT2D eigenvalue weighted by atomic mass is 9.87. The van der Waals surface area contributed by atoms with E-state index in [0.29, 0.717) is 32.6 Å². The number of rotatable bonds is 19. The highest BCUT2D eigenvalue weighted by Crippen LogP contribution is 2.34. The molecule has 3 rings (SSSR count). The fourth-order valence-corrected chi connectivity index (χ4v) is 6.25. The highest BCUT2D eigenvalue weighted by Gasteiger charge is 2.49. The molecular weight excluding hydrogens is 598 g/mol. The summed E-state index contributed by atoms with van der Waals surface area (Å²) in [7, 11) is 0. The van der Waals surface area contributed by atoms with E-state index in [2.05, 4.69) is 15.5 Å². The molecule has 0 aromatic heterocycles. The Labute approximate surface area is 271 Å². The fraction of sp³-hybridized carbons (Fsp3) is 0.758. The van der Waals surface area contributed by atoms with Crippen LogP contribution in [0.4, 0.5) is 0 Å². The number of nitrogens with one attached hydrogen (secondary N) is 2. The van der Waals surface area contributed by atoms with Crippen molar-refractivity contribution in [2.75, 3.05) is 39.5 Å². The third kappa shape index (κ3) is 12.4. The molecule has 2 aliphatic rings. The molecule has 0 unspecified atom stereocenters. The van der Waals surface area contributed by atoms with E-state index in [0.717, 1.165) is 57.2 Å². The predicted molar refractivity (Wildman–Crippen MR) is 169 cm³/mol. The van der Waals surface area contributed by atoms with E-state index in [9.17, 15) is 40.2 Å². The number of unbranched alkanes of at least 4 members (excludes halogenated alkanes) is 6. The molecule has 2 fully saturated rings. The topological polar surface area (TPSA) is 201 Å². The van der Waals surface area contributed by atoms with E-state index in [-0.39, 0.29) is 18.7 Å². The Hall–Kier alpha value is -2.20. The first-order valence-corrected chi connectivity index (χ1v) is 16.7. The Bertz CT molecular complexity index is 1030. The van der Waals surface area contributed by atoms with Crippen LogP contribution < -0.4 is 10.6 Å². The molecule has 46 heavy (non-hydrogen) atoms. The van der Waals surface area contributed by atoms with Gasteiger partial charge in [0.25, 0.3) is 0 Å². The highest BCUT2D eigenvalue weighted by molar-refractivity contribution is 5.76. The number of aliphatic hydroxyl groups excluding tert-OH is 5. The van der Waals surface area contributed by atoms with Gasteiger partial charge in [0, 0.05) is 45.8 Å². The normalized spacial score (nSPS) is 26.5. The van der Waals surface area contributed by atoms with Crippen LogP contribution in [-0.4, -0.2) is 129 Å². The smallest absolute Gasteiger partial charge is 0.220 e. The summed E-state index contributed by atoms with van der Waals surface area (Å²) in [5.74, 6) is -2.30. The minimum atomic E-state index is -1.75. The number of aliphatic hydroxyl groups is 6. The van der Waals surface area contributed by atoms with E-state index in [1.54, 1.807) is 0 Å². The zero-order valence-electron chi connectivity index (χ0n) is 27.0. The number of carbonyl (C=O) groups excluding carboxylic acids is 2. The second kappa shape index (κ2) is 19.6. The second-order valence-corrected chi connectivity index (χ2v) is 12.7. The Morgan fingerprint density at radius 3 is 2.26 bits per heavy atom. The lowest BCUT2D eigenvalue weighted by molar-refractivity contribution is -0.304. The molecular formula is C33H55N3O10. The third-order valence-electron chi connectivity index (χ3n) is 8.84. The summed E-state index contributed by atoms with van der Waals surface area (Å²) in [6.45, 7) is 3.85. The Balaban J connectivity index is 1.35. The summed E-state index contributed by atoms with van der Waals surface area (Å²) in [4.78, 5) is 26.6. The van der Waals surface area contributed by atoms with Crippen LogP contribution in [0.25, 0.3) is 0 Å². The first kappa shape index (κ1) is 38.2. The summed E-state index contributed by atoms with van der Waals surface area (Å²) in [5.41, 5.74) is 0.770. The van der Waals surface area contributed by atoms with Crippen LogP contribution >= 0.6 is 0 Å². The first-order chi connectivity index (χ1) is 22.0. The van der Waals surface area contributed by atoms with Gasteiger partial charge in [-0.05, 0) is 18.4 Å². The zero-order chi connectivity index (χ0) is 33.5. The van der Waals surface area contributed by atoms with Crippen LogP contribution in [0.1, 0.15) is 82.8 Å². The van der Waals surface area contributed by atoms with Crippen molar-refractivity contribution < 1.29 is 49.7 Å². The Morgan fingerprint density at radius 2 is 1.63 bits per heavy atom. The third-order valence-corrected chi connectivity index (χ3v) is 8.84. The molecule has 262 valence electrons. The molecule has 8 atom stereocenters. The number of morpholine rings is 1. The molecule has 2 amide bonds. The van der Waals surface area contributed by atoms with Gasteiger partial charge in [0.05, 0.1) is 38.0 Å². The summed E-state index contributed by atoms with van der Waals surface area (Å²) in [6.07, 6.45) is -0.331. The van der Waals surface area contributed by atoms with Gasteiger partial charge in [-0.2, -0.15) is 0 Å². The molecule has 0 aliphatic carbocycles. The summed E-state index contributed by atoms with van der Waals surface area (Å²) >= 11 is 0. The molecule has 13 heteroatoms. The van der Waals surface area contributed by atoms with Crippen LogP contribution in [0.15, 0.2) is 30.3 Å². The van der Waals surface area contributed by atoms with Crippen LogP contribution in [0, 0.1) is 0 Å². The van der Waals surface area contributed by atoms with Gasteiger partial charge in [-0.15, -0.1) is 0 Å². The van der Waals surface area contributed by atoms with Gasteiger partial charge < -0.3 is 50.7 Å². The molecule has 0 spiro atoms. The largest absolute Gasteiger partial charge is 0.394 e. The van der Waals surface area contributed by atoms with Crippen molar-refractivity contribution in [3.8, 4) is 0 Å². The van der Waals surface area contributed by atoms with Crippen LogP contribution in [0.2, 0.25) is 0 Å². The number of hydrogen-bond acceptors (Lipinski definition) is 11. The number of nitrogens with zero attached hydrogens (tertiary/aromatic N) is 1. The van der Waals surface area contributed by atoms with Crippen LogP contribution in [0.5, 0.6) is 0 Å². The lowest BCUT2D eigenvalue weighted by Gasteiger charge is -2.46. The van der Waals surface area contributed by atoms with Crippen molar-refractivity contribution >= 4 is 11.8 Å². The molecule has 2 saturated heterocycles. The molecule has 1 aromatic carbocycles. The van der Waals surface area contributed by atoms with Gasteiger partial charge in [-0.1, -0.05) is 62.4 Å². The van der Waals surface area contributed by atoms with Crippen molar-refractivity contribution in [3.05, 3.63) is 35.9 Å². The van der Waals surface area contributed by atoms with Crippen LogP contribution in [-0.2, 0) is 19.1 Å². The van der Waals surface area contributed by atoms with Gasteiger partial charge in [0.2, 0.25) is 11.8 Å². The first-order valence-electron chi connectivity index (χ1n) is 16.7. The number of hydrogen-bond donors (Lipinski definition) is 8. The maximum Gasteiger partial charge on any atom is 0.220 e. The maximum absolute atomic E-state index is 12.8. The molecule has 0 bridgehead atoms. The molecule has 1 aromatic rings. The van der Waals surface area contributed by atoms with Crippen molar-refractivity contribution in [1.82, 2.24) is 15.5 Å². The zero-order valence-corrected chi connectivity index (χ0v) is 27.0. The van der Waals surface area contributed by atoms with Crippen molar-refractivity contribution in [3.63, 3.8) is 0 Å². The number of carbonyl (C=O) groups is 2. The van der Waals surface area contributed by atoms with Crippen molar-refractivity contribution in [2.45, 2.75) is 120 Å². The molecule has 2 heterocycles. The SMILES string of the molecule is CC(=O)N[C@H]1[C@H]([C@H](O)[C@H](O)CO)O[C@](O)(CCCCCCCCCC(=O)N[C@@H](CN2CCOCC2)[C@@H](O)c2ccccc2)C[C@@H]1O. The van der Waals surface area contributed by atoms with Crippen LogP contribution in [0.3, 0.4) is 0 Å². The van der Waals surface area contributed by atoms with E-state index in [1.165, 1.54) is 6.92 Å². The van der Waals surface area contributed by atoms with Gasteiger partial charge >= 0.3 is 0 Å². The maximum atomic E-state index is 12.8. The van der Waals surface area contributed by atoms with Gasteiger partial charge in [0.15, 0.2) is 5.79 Å². The van der Waals surface area contributed by atoms with Crippen molar-refractivity contribution in [2.24, 2.45) is 0 Å². The van der Waals surface area contributed by atoms with E-state index in [4.69, 9.17) is 9.47 Å². The van der Waals surface area contributed by atoms with Gasteiger partial charge in [-0.3, -0.25) is 14.5 Å². The minimum absolute atomic E-state index is 0.0770. The minimum Gasteiger partial charge on any atom is -0.394 e. The number of amides is 2. The quantitative estimate of drug-likeness (QED) is 0.0942. The second-order valence-electron chi connectivity index (χ2n) is 12.7. The van der Waals surface area contributed by atoms with E-state index < -0.39 is 60.9 Å². The lowest BCUT2D eigenvalue weighted by Crippen LogP contribution is -2.65.